The Morgan fingerprint density at radius 2 is 1.70 bits per heavy atom. The fraction of sp³-hybridized carbons (Fsp3) is 0. The number of fused-ring (bicyclic) bond motifs is 3. The summed E-state index contributed by atoms with van der Waals surface area (Å²) in [6.07, 6.45) is 19.7. The molecule has 2 aliphatic carbocycles. The molecule has 0 spiro atoms. The number of H-pyrrole nitrogens is 1. The van der Waals surface area contributed by atoms with Crippen LogP contribution < -0.4 is 5.32 Å². The van der Waals surface area contributed by atoms with Crippen LogP contribution in [0.2, 0.25) is 0 Å². The summed E-state index contributed by atoms with van der Waals surface area (Å²) < 4.78 is 0. The second-order valence-electron chi connectivity index (χ2n) is 10.6. The molecule has 202 valence electrons. The highest BCUT2D eigenvalue weighted by atomic mass is 14.9. The Hall–Kier alpha value is -6.03. The number of pyridine rings is 2. The van der Waals surface area contributed by atoms with Gasteiger partial charge in [0.25, 0.3) is 0 Å². The van der Waals surface area contributed by atoms with Crippen molar-refractivity contribution in [2.24, 2.45) is 0 Å². The largest absolute Gasteiger partial charge is 0.361 e. The van der Waals surface area contributed by atoms with Gasteiger partial charge in [-0.25, -0.2) is 4.98 Å². The van der Waals surface area contributed by atoms with Gasteiger partial charge in [0, 0.05) is 51.3 Å². The van der Waals surface area contributed by atoms with Crippen molar-refractivity contribution in [2.45, 2.75) is 0 Å². The summed E-state index contributed by atoms with van der Waals surface area (Å²) in [5, 5.41) is 13.5. The van der Waals surface area contributed by atoms with Gasteiger partial charge in [0.1, 0.15) is 0 Å². The van der Waals surface area contributed by atoms with Crippen molar-refractivity contribution in [3.8, 4) is 11.3 Å². The molecule has 4 heterocycles. The Balaban J connectivity index is 1.42. The second kappa shape index (κ2) is 10.1. The van der Waals surface area contributed by atoms with Gasteiger partial charge in [0.15, 0.2) is 0 Å². The van der Waals surface area contributed by atoms with E-state index in [1.54, 1.807) is 0 Å². The minimum atomic E-state index is 0.460. The zero-order valence-electron chi connectivity index (χ0n) is 23.1. The van der Waals surface area contributed by atoms with E-state index in [1.807, 2.05) is 67.0 Å². The van der Waals surface area contributed by atoms with Crippen molar-refractivity contribution in [3.63, 3.8) is 0 Å². The lowest BCUT2D eigenvalue weighted by Gasteiger charge is -2.26. The molecule has 5 aromatic rings. The fourth-order valence-electron chi connectivity index (χ4n) is 5.88. The van der Waals surface area contributed by atoms with E-state index in [9.17, 15) is 0 Å². The summed E-state index contributed by atoms with van der Waals surface area (Å²) in [7, 11) is 0. The molecule has 0 amide bonds. The highest BCUT2D eigenvalue weighted by Crippen LogP contribution is 2.40. The molecule has 3 aromatic heterocycles. The van der Waals surface area contributed by atoms with Gasteiger partial charge in [0.2, 0.25) is 0 Å². The third kappa shape index (κ3) is 4.32. The number of para-hydroxylation sites is 2. The molecule has 5 nitrogen and oxygen atoms in total. The number of hydrogen-bond donors (Lipinski definition) is 3. The maximum atomic E-state index is 8.76. The van der Waals surface area contributed by atoms with Gasteiger partial charge < -0.3 is 15.7 Å². The smallest absolute Gasteiger partial charge is 0.0795 e. The van der Waals surface area contributed by atoms with Crippen LogP contribution in [0.25, 0.3) is 45.5 Å². The standard InChI is InChI=1S/C38H25N5/c39-32-16-5-4-13-28(32)38-31(21-26-10-2-6-17-33(26)43-38)27-22-34(29-14-3-1-9-25-18-20-41-37(25)29)42-35(23-27)30-15-7-11-24-12-8-19-40-36(24)30/h2-23,39,41,43H/b38-28-,39-32?. The molecule has 3 N–H and O–H groups in total. The zero-order valence-corrected chi connectivity index (χ0v) is 23.1. The Morgan fingerprint density at radius 3 is 2.65 bits per heavy atom. The summed E-state index contributed by atoms with van der Waals surface area (Å²) in [4.78, 5) is 13.4. The molecule has 1 aliphatic heterocycles. The second-order valence-corrected chi connectivity index (χ2v) is 10.6. The van der Waals surface area contributed by atoms with Crippen molar-refractivity contribution >= 4 is 45.6 Å². The number of nitrogens with zero attached hydrogens (tertiary/aromatic N) is 2. The van der Waals surface area contributed by atoms with Gasteiger partial charge in [-0.15, -0.1) is 5.73 Å². The zero-order chi connectivity index (χ0) is 28.8. The van der Waals surface area contributed by atoms with Crippen LogP contribution in [0.5, 0.6) is 0 Å². The number of aromatic nitrogens is 3. The number of allylic oxidation sites excluding steroid dienone is 8. The van der Waals surface area contributed by atoms with Crippen LogP contribution in [-0.4, -0.2) is 20.7 Å². The quantitative estimate of drug-likeness (QED) is 0.197. The van der Waals surface area contributed by atoms with E-state index in [4.69, 9.17) is 15.4 Å². The van der Waals surface area contributed by atoms with Gasteiger partial charge in [0.05, 0.1) is 34.0 Å². The number of benzene rings is 2. The number of hydrogen-bond acceptors (Lipinski definition) is 4. The number of aromatic amines is 1. The molecule has 5 heteroatoms. The summed E-state index contributed by atoms with van der Waals surface area (Å²) in [6.45, 7) is 0. The first-order valence-corrected chi connectivity index (χ1v) is 14.2. The average molecular weight is 552 g/mol. The van der Waals surface area contributed by atoms with Crippen LogP contribution in [0.1, 0.15) is 28.1 Å². The van der Waals surface area contributed by atoms with E-state index in [1.165, 1.54) is 0 Å². The van der Waals surface area contributed by atoms with Crippen molar-refractivity contribution in [1.29, 1.82) is 5.41 Å². The molecule has 2 aromatic carbocycles. The van der Waals surface area contributed by atoms with Gasteiger partial charge in [-0.3, -0.25) is 4.98 Å². The van der Waals surface area contributed by atoms with Crippen LogP contribution in [-0.2, 0) is 0 Å². The molecule has 0 unspecified atom stereocenters. The summed E-state index contributed by atoms with van der Waals surface area (Å²) >= 11 is 0. The third-order valence-electron chi connectivity index (χ3n) is 7.94. The molecular formula is C38H25N5. The number of anilines is 1. The molecule has 0 bridgehead atoms. The lowest BCUT2D eigenvalue weighted by atomic mass is 9.89. The number of rotatable bonds is 3. The van der Waals surface area contributed by atoms with E-state index in [2.05, 4.69) is 82.8 Å². The average Bonchev–Trinajstić information content (AvgIpc) is 3.42. The fourth-order valence-corrected chi connectivity index (χ4v) is 5.88. The maximum absolute atomic E-state index is 8.76. The minimum Gasteiger partial charge on any atom is -0.361 e. The summed E-state index contributed by atoms with van der Waals surface area (Å²) in [5.74, 6) is 0. The summed E-state index contributed by atoms with van der Waals surface area (Å²) in [6, 6.07) is 24.8. The highest BCUT2D eigenvalue weighted by molar-refractivity contribution is 6.14. The molecule has 0 saturated heterocycles. The summed E-state index contributed by atoms with van der Waals surface area (Å²) in [5.41, 5.74) is 16.1. The first-order chi connectivity index (χ1) is 21.2. The predicted octanol–water partition coefficient (Wildman–Crippen LogP) is 8.60. The van der Waals surface area contributed by atoms with E-state index in [0.717, 1.165) is 78.3 Å². The molecule has 3 aliphatic rings. The Labute approximate surface area is 248 Å². The normalized spacial score (nSPS) is 16.8. The lowest BCUT2D eigenvalue weighted by Crippen LogP contribution is -2.15. The molecule has 0 fully saturated rings. The van der Waals surface area contributed by atoms with E-state index < -0.39 is 0 Å². The van der Waals surface area contributed by atoms with Gasteiger partial charge in [-0.2, -0.15) is 0 Å². The molecular weight excluding hydrogens is 526 g/mol. The monoisotopic (exact) mass is 551 g/mol. The first-order valence-electron chi connectivity index (χ1n) is 14.2. The van der Waals surface area contributed by atoms with Crippen LogP contribution in [0.3, 0.4) is 0 Å². The Kier molecular flexibility index (Phi) is 5.82. The van der Waals surface area contributed by atoms with E-state index in [0.29, 0.717) is 5.71 Å². The first kappa shape index (κ1) is 24.7. The van der Waals surface area contributed by atoms with Crippen LogP contribution in [0, 0.1) is 5.41 Å². The van der Waals surface area contributed by atoms with Crippen molar-refractivity contribution < 1.29 is 0 Å². The molecule has 43 heavy (non-hydrogen) atoms. The SMILES string of the molecule is N=C1C=CC=C/C1=C1/Nc2ccccc2C=C1c1cc(C2=CC=C=Cc3cc[nH]c32)nc(-c2cccc3cccnc23)c1. The van der Waals surface area contributed by atoms with Crippen LogP contribution in [0.15, 0.2) is 139 Å². The van der Waals surface area contributed by atoms with Gasteiger partial charge >= 0.3 is 0 Å². The molecule has 0 atom stereocenters. The predicted molar refractivity (Wildman–Crippen MR) is 176 cm³/mol. The highest BCUT2D eigenvalue weighted by Gasteiger charge is 2.24. The van der Waals surface area contributed by atoms with Gasteiger partial charge in [-0.1, -0.05) is 60.7 Å². The molecule has 0 saturated carbocycles. The van der Waals surface area contributed by atoms with Crippen LogP contribution >= 0.6 is 0 Å². The number of nitrogens with one attached hydrogen (secondary N) is 3. The van der Waals surface area contributed by atoms with E-state index in [-0.39, 0.29) is 0 Å². The van der Waals surface area contributed by atoms with Crippen molar-refractivity contribution in [2.75, 3.05) is 5.32 Å². The minimum absolute atomic E-state index is 0.460. The van der Waals surface area contributed by atoms with Crippen LogP contribution in [0.4, 0.5) is 5.69 Å². The van der Waals surface area contributed by atoms with Gasteiger partial charge in [-0.05, 0) is 71.8 Å². The third-order valence-corrected chi connectivity index (χ3v) is 7.94. The Bertz CT molecular complexity index is 2200. The topological polar surface area (TPSA) is 77.5 Å². The van der Waals surface area contributed by atoms with Crippen molar-refractivity contribution in [3.05, 3.63) is 167 Å². The molecule has 0 radical (unpaired) electrons. The van der Waals surface area contributed by atoms with Crippen molar-refractivity contribution in [1.82, 2.24) is 15.0 Å². The lowest BCUT2D eigenvalue weighted by molar-refractivity contribution is 1.24. The maximum Gasteiger partial charge on any atom is 0.0795 e. The van der Waals surface area contributed by atoms with E-state index >= 15 is 0 Å². The molecule has 8 rings (SSSR count). The Morgan fingerprint density at radius 1 is 0.814 bits per heavy atom.